The summed E-state index contributed by atoms with van der Waals surface area (Å²) < 4.78 is 0. The van der Waals surface area contributed by atoms with Gasteiger partial charge in [0, 0.05) is 12.1 Å². The summed E-state index contributed by atoms with van der Waals surface area (Å²) in [6.07, 6.45) is 4.35. The largest absolute Gasteiger partial charge is 0.345 e. The van der Waals surface area contributed by atoms with E-state index in [4.69, 9.17) is 23.2 Å². The molecule has 3 amide bonds. The number of hydrogen-bond donors (Lipinski definition) is 3. The van der Waals surface area contributed by atoms with E-state index >= 15 is 0 Å². The van der Waals surface area contributed by atoms with Crippen molar-refractivity contribution in [3.8, 4) is 0 Å². The maximum absolute atomic E-state index is 11.6. The molecule has 0 bridgehead atoms. The predicted molar refractivity (Wildman–Crippen MR) is 82.9 cm³/mol. The molecule has 0 spiro atoms. The highest BCUT2D eigenvalue weighted by Crippen LogP contribution is 2.26. The Morgan fingerprint density at radius 1 is 1.09 bits per heavy atom. The maximum atomic E-state index is 11.6. The molecule has 2 rings (SSSR count). The molecule has 0 unspecified atom stereocenters. The van der Waals surface area contributed by atoms with Gasteiger partial charge in [-0.2, -0.15) is 0 Å². The van der Waals surface area contributed by atoms with Gasteiger partial charge < -0.3 is 5.32 Å². The number of hydrogen-bond acceptors (Lipinski definition) is 3. The van der Waals surface area contributed by atoms with E-state index < -0.39 is 17.7 Å². The molecule has 0 radical (unpaired) electrons. The first-order chi connectivity index (χ1) is 10.5. The van der Waals surface area contributed by atoms with Crippen LogP contribution in [0.25, 0.3) is 6.08 Å². The Bertz CT molecular complexity index is 642. The molecule has 0 atom stereocenters. The normalized spacial score (nSPS) is 13.7. The summed E-state index contributed by atoms with van der Waals surface area (Å²) in [7, 11) is 0. The van der Waals surface area contributed by atoms with Gasteiger partial charge in [-0.1, -0.05) is 35.3 Å². The molecule has 116 valence electrons. The van der Waals surface area contributed by atoms with Gasteiger partial charge in [-0.25, -0.2) is 0 Å². The van der Waals surface area contributed by atoms with Gasteiger partial charge in [0.2, 0.25) is 0 Å². The van der Waals surface area contributed by atoms with Crippen molar-refractivity contribution in [2.24, 2.45) is 0 Å². The van der Waals surface area contributed by atoms with Crippen molar-refractivity contribution < 1.29 is 14.4 Å². The van der Waals surface area contributed by atoms with E-state index in [0.717, 1.165) is 18.9 Å². The van der Waals surface area contributed by atoms with Crippen molar-refractivity contribution in [3.63, 3.8) is 0 Å². The van der Waals surface area contributed by atoms with Crippen LogP contribution in [0.1, 0.15) is 18.4 Å². The van der Waals surface area contributed by atoms with Crippen LogP contribution in [0.4, 0.5) is 0 Å². The zero-order valence-electron chi connectivity index (χ0n) is 11.4. The summed E-state index contributed by atoms with van der Waals surface area (Å²) in [5.74, 6) is -2.30. The van der Waals surface area contributed by atoms with Crippen LogP contribution in [-0.2, 0) is 14.4 Å². The van der Waals surface area contributed by atoms with Gasteiger partial charge >= 0.3 is 11.8 Å². The van der Waals surface area contributed by atoms with Crippen LogP contribution >= 0.6 is 23.2 Å². The van der Waals surface area contributed by atoms with Crippen LogP contribution in [-0.4, -0.2) is 23.8 Å². The number of benzene rings is 1. The highest BCUT2D eigenvalue weighted by molar-refractivity contribution is 6.42. The Balaban J connectivity index is 1.82. The first kappa shape index (κ1) is 16.3. The van der Waals surface area contributed by atoms with Gasteiger partial charge in [-0.15, -0.1) is 0 Å². The SMILES string of the molecule is O=C(/C=C/c1cccc(Cl)c1Cl)NNC(=O)C(=O)NC1CC1. The van der Waals surface area contributed by atoms with Gasteiger partial charge in [-0.05, 0) is 30.5 Å². The molecule has 1 saturated carbocycles. The molecule has 1 aromatic carbocycles. The quantitative estimate of drug-likeness (QED) is 0.441. The minimum absolute atomic E-state index is 0.0684. The highest BCUT2D eigenvalue weighted by atomic mass is 35.5. The van der Waals surface area contributed by atoms with Gasteiger partial charge in [0.05, 0.1) is 10.0 Å². The van der Waals surface area contributed by atoms with Crippen LogP contribution < -0.4 is 16.2 Å². The van der Waals surface area contributed by atoms with Crippen molar-refractivity contribution in [1.82, 2.24) is 16.2 Å². The fourth-order valence-corrected chi connectivity index (χ4v) is 1.88. The number of hydrazine groups is 1. The summed E-state index contributed by atoms with van der Waals surface area (Å²) in [5, 5.41) is 3.19. The van der Waals surface area contributed by atoms with E-state index in [9.17, 15) is 14.4 Å². The van der Waals surface area contributed by atoms with Crippen molar-refractivity contribution in [3.05, 3.63) is 39.9 Å². The number of carbonyl (C=O) groups is 3. The molecular formula is C14H13Cl2N3O3. The first-order valence-electron chi connectivity index (χ1n) is 6.50. The lowest BCUT2D eigenvalue weighted by molar-refractivity contribution is -0.140. The lowest BCUT2D eigenvalue weighted by Gasteiger charge is -2.05. The summed E-state index contributed by atoms with van der Waals surface area (Å²) in [4.78, 5) is 34.3. The third-order valence-corrected chi connectivity index (χ3v) is 3.65. The fraction of sp³-hybridized carbons (Fsp3) is 0.214. The first-order valence-corrected chi connectivity index (χ1v) is 7.26. The standard InChI is InChI=1S/C14H13Cl2N3O3/c15-10-3-1-2-8(12(10)16)4-7-11(20)18-19-14(22)13(21)17-9-5-6-9/h1-4,7,9H,5-6H2,(H,17,21)(H,18,20)(H,19,22)/b7-4+. The van der Waals surface area contributed by atoms with E-state index in [-0.39, 0.29) is 6.04 Å². The molecule has 1 aliphatic carbocycles. The van der Waals surface area contributed by atoms with E-state index in [2.05, 4.69) is 10.7 Å². The predicted octanol–water partition coefficient (Wildman–Crippen LogP) is 1.43. The highest BCUT2D eigenvalue weighted by Gasteiger charge is 2.26. The van der Waals surface area contributed by atoms with Crippen LogP contribution in [0, 0.1) is 0 Å². The molecule has 0 aliphatic heterocycles. The number of amides is 3. The Morgan fingerprint density at radius 2 is 1.82 bits per heavy atom. The van der Waals surface area contributed by atoms with Crippen molar-refractivity contribution in [2.75, 3.05) is 0 Å². The number of halogens is 2. The zero-order chi connectivity index (χ0) is 16.1. The van der Waals surface area contributed by atoms with Crippen LogP contribution in [0.3, 0.4) is 0 Å². The monoisotopic (exact) mass is 341 g/mol. The molecule has 22 heavy (non-hydrogen) atoms. The lowest BCUT2D eigenvalue weighted by Crippen LogP contribution is -2.48. The fourth-order valence-electron chi connectivity index (χ4n) is 1.51. The second kappa shape index (κ2) is 7.29. The van der Waals surface area contributed by atoms with Crippen LogP contribution in [0.15, 0.2) is 24.3 Å². The van der Waals surface area contributed by atoms with Gasteiger partial charge in [0.1, 0.15) is 0 Å². The van der Waals surface area contributed by atoms with Gasteiger partial charge in [0.15, 0.2) is 0 Å². The molecule has 0 saturated heterocycles. The molecule has 1 aromatic rings. The molecule has 8 heteroatoms. The Kier molecular flexibility index (Phi) is 5.41. The van der Waals surface area contributed by atoms with Gasteiger partial charge in [-0.3, -0.25) is 25.2 Å². The number of carbonyl (C=O) groups excluding carboxylic acids is 3. The minimum Gasteiger partial charge on any atom is -0.345 e. The van der Waals surface area contributed by atoms with E-state index in [1.807, 2.05) is 5.43 Å². The summed E-state index contributed by atoms with van der Waals surface area (Å²) in [5.41, 5.74) is 4.67. The number of rotatable bonds is 3. The topological polar surface area (TPSA) is 87.3 Å². The summed E-state index contributed by atoms with van der Waals surface area (Å²) in [6, 6.07) is 5.06. The smallest absolute Gasteiger partial charge is 0.327 e. The molecular weight excluding hydrogens is 329 g/mol. The summed E-state index contributed by atoms with van der Waals surface area (Å²) in [6.45, 7) is 0. The Labute approximate surface area is 136 Å². The molecule has 0 aromatic heterocycles. The van der Waals surface area contributed by atoms with Crippen molar-refractivity contribution >= 4 is 47.0 Å². The van der Waals surface area contributed by atoms with Crippen molar-refractivity contribution in [1.29, 1.82) is 0 Å². The summed E-state index contributed by atoms with van der Waals surface area (Å²) >= 11 is 11.8. The average molecular weight is 342 g/mol. The molecule has 1 aliphatic rings. The van der Waals surface area contributed by atoms with Crippen molar-refractivity contribution in [2.45, 2.75) is 18.9 Å². The minimum atomic E-state index is -0.922. The third-order valence-electron chi connectivity index (χ3n) is 2.81. The third kappa shape index (κ3) is 4.75. The molecule has 3 N–H and O–H groups in total. The molecule has 6 nitrogen and oxygen atoms in total. The Hall–Kier alpha value is -2.05. The zero-order valence-corrected chi connectivity index (χ0v) is 12.9. The molecule has 1 fully saturated rings. The van der Waals surface area contributed by atoms with Crippen LogP contribution in [0.5, 0.6) is 0 Å². The van der Waals surface area contributed by atoms with E-state index in [1.165, 1.54) is 6.08 Å². The second-order valence-electron chi connectivity index (χ2n) is 4.67. The van der Waals surface area contributed by atoms with Crippen LogP contribution in [0.2, 0.25) is 10.0 Å². The lowest BCUT2D eigenvalue weighted by atomic mass is 10.2. The average Bonchev–Trinajstić information content (AvgIpc) is 3.30. The molecule has 0 heterocycles. The maximum Gasteiger partial charge on any atom is 0.327 e. The number of nitrogens with one attached hydrogen (secondary N) is 3. The van der Waals surface area contributed by atoms with E-state index in [1.54, 1.807) is 18.2 Å². The van der Waals surface area contributed by atoms with E-state index in [0.29, 0.717) is 15.6 Å². The van der Waals surface area contributed by atoms with Gasteiger partial charge in [0.25, 0.3) is 5.91 Å². The second-order valence-corrected chi connectivity index (χ2v) is 5.45. The Morgan fingerprint density at radius 3 is 2.50 bits per heavy atom.